The molecule has 0 aliphatic heterocycles. The van der Waals surface area contributed by atoms with Gasteiger partial charge in [0.15, 0.2) is 0 Å². The summed E-state index contributed by atoms with van der Waals surface area (Å²) in [7, 11) is 0. The molecule has 6 heteroatoms. The van der Waals surface area contributed by atoms with Crippen LogP contribution in [0.3, 0.4) is 0 Å². The van der Waals surface area contributed by atoms with Crippen LogP contribution in [0.2, 0.25) is 0 Å². The van der Waals surface area contributed by atoms with E-state index in [-0.39, 0.29) is 12.3 Å². The van der Waals surface area contributed by atoms with Gasteiger partial charge in [-0.3, -0.25) is 9.59 Å². The first-order valence-electron chi connectivity index (χ1n) is 6.85. The summed E-state index contributed by atoms with van der Waals surface area (Å²) in [5, 5.41) is 13.8. The number of hydrogen-bond donors (Lipinski definition) is 2. The highest BCUT2D eigenvalue weighted by molar-refractivity contribution is 9.10. The topological polar surface area (TPSA) is 66.4 Å². The highest BCUT2D eigenvalue weighted by atomic mass is 79.9. The number of carbonyl (C=O) groups excluding carboxylic acids is 1. The maximum Gasteiger partial charge on any atom is 0.305 e. The smallest absolute Gasteiger partial charge is 0.305 e. The van der Waals surface area contributed by atoms with Crippen molar-refractivity contribution in [2.24, 2.45) is 0 Å². The van der Waals surface area contributed by atoms with E-state index >= 15 is 0 Å². The number of aryl methyl sites for hydroxylation is 1. The van der Waals surface area contributed by atoms with Gasteiger partial charge >= 0.3 is 5.97 Å². The zero-order valence-corrected chi connectivity index (χ0v) is 14.4. The van der Waals surface area contributed by atoms with E-state index < -0.39 is 12.0 Å². The third-order valence-corrected chi connectivity index (χ3v) is 4.72. The van der Waals surface area contributed by atoms with Crippen LogP contribution in [0.15, 0.2) is 40.2 Å². The molecular formula is C16H16BrNO3S. The number of carboxylic acid groups (broad SMARTS) is 1. The van der Waals surface area contributed by atoms with Gasteiger partial charge in [0.25, 0.3) is 5.91 Å². The molecule has 22 heavy (non-hydrogen) atoms. The number of rotatable bonds is 6. The average Bonchev–Trinajstić information content (AvgIpc) is 2.94. The average molecular weight is 382 g/mol. The molecule has 0 bridgehead atoms. The van der Waals surface area contributed by atoms with Crippen molar-refractivity contribution in [3.8, 4) is 0 Å². The molecule has 1 heterocycles. The second-order valence-corrected chi connectivity index (χ2v) is 6.64. The lowest BCUT2D eigenvalue weighted by atomic mass is 10.0. The van der Waals surface area contributed by atoms with E-state index in [9.17, 15) is 9.59 Å². The summed E-state index contributed by atoms with van der Waals surface area (Å²) in [6, 6.07) is 8.68. The predicted molar refractivity (Wildman–Crippen MR) is 90.3 cm³/mol. The fraction of sp³-hybridized carbons (Fsp3) is 0.250. The summed E-state index contributed by atoms with van der Waals surface area (Å²) in [5.41, 5.74) is 1.74. The van der Waals surface area contributed by atoms with Gasteiger partial charge in [0.2, 0.25) is 0 Å². The molecule has 0 aliphatic carbocycles. The van der Waals surface area contributed by atoms with E-state index in [0.29, 0.717) is 4.88 Å². The second-order valence-electron chi connectivity index (χ2n) is 4.81. The lowest BCUT2D eigenvalue weighted by Crippen LogP contribution is -2.30. The molecule has 1 amide bonds. The van der Waals surface area contributed by atoms with Gasteiger partial charge in [-0.15, -0.1) is 11.3 Å². The third kappa shape index (κ3) is 4.18. The SMILES string of the molecule is CCc1ccsc1C(=O)NC(CC(=O)O)c1cccc(Br)c1. The monoisotopic (exact) mass is 381 g/mol. The molecule has 4 nitrogen and oxygen atoms in total. The normalized spacial score (nSPS) is 11.9. The first kappa shape index (κ1) is 16.7. The molecular weight excluding hydrogens is 366 g/mol. The summed E-state index contributed by atoms with van der Waals surface area (Å²) < 4.78 is 0.847. The van der Waals surface area contributed by atoms with Crippen LogP contribution in [0.1, 0.15) is 40.2 Å². The van der Waals surface area contributed by atoms with Crippen LogP contribution in [-0.2, 0) is 11.2 Å². The van der Waals surface area contributed by atoms with Gasteiger partial charge < -0.3 is 10.4 Å². The van der Waals surface area contributed by atoms with Crippen LogP contribution >= 0.6 is 27.3 Å². The lowest BCUT2D eigenvalue weighted by molar-refractivity contribution is -0.137. The van der Waals surface area contributed by atoms with Gasteiger partial charge in [-0.05, 0) is 41.1 Å². The predicted octanol–water partition coefficient (Wildman–Crippen LogP) is 4.02. The van der Waals surface area contributed by atoms with Crippen LogP contribution in [0.25, 0.3) is 0 Å². The third-order valence-electron chi connectivity index (χ3n) is 3.27. The van der Waals surface area contributed by atoms with Crippen molar-refractivity contribution in [1.29, 1.82) is 0 Å². The highest BCUT2D eigenvalue weighted by Gasteiger charge is 2.21. The number of thiophene rings is 1. The molecule has 116 valence electrons. The van der Waals surface area contributed by atoms with Crippen LogP contribution in [0.5, 0.6) is 0 Å². The van der Waals surface area contributed by atoms with Crippen LogP contribution in [-0.4, -0.2) is 17.0 Å². The summed E-state index contributed by atoms with van der Waals surface area (Å²) >= 11 is 4.74. The van der Waals surface area contributed by atoms with Crippen molar-refractivity contribution in [2.75, 3.05) is 0 Å². The second kappa shape index (κ2) is 7.56. The first-order valence-corrected chi connectivity index (χ1v) is 8.53. The maximum atomic E-state index is 12.4. The van der Waals surface area contributed by atoms with Crippen molar-refractivity contribution < 1.29 is 14.7 Å². The van der Waals surface area contributed by atoms with Crippen LogP contribution in [0, 0.1) is 0 Å². The van der Waals surface area contributed by atoms with Crippen molar-refractivity contribution in [3.05, 3.63) is 56.2 Å². The Bertz CT molecular complexity index is 684. The quantitative estimate of drug-likeness (QED) is 0.793. The molecule has 0 saturated heterocycles. The van der Waals surface area contributed by atoms with E-state index in [4.69, 9.17) is 5.11 Å². The van der Waals surface area contributed by atoms with Crippen molar-refractivity contribution in [2.45, 2.75) is 25.8 Å². The molecule has 0 aliphatic rings. The Morgan fingerprint density at radius 2 is 2.14 bits per heavy atom. The molecule has 0 radical (unpaired) electrons. The van der Waals surface area contributed by atoms with Crippen LogP contribution in [0.4, 0.5) is 0 Å². The minimum atomic E-state index is -0.952. The molecule has 2 rings (SSSR count). The number of carbonyl (C=O) groups is 2. The Morgan fingerprint density at radius 1 is 1.36 bits per heavy atom. The molecule has 1 aromatic carbocycles. The number of hydrogen-bond acceptors (Lipinski definition) is 3. The van der Waals surface area contributed by atoms with E-state index in [1.165, 1.54) is 11.3 Å². The molecule has 0 saturated carbocycles. The molecule has 1 atom stereocenters. The summed E-state index contributed by atoms with van der Waals surface area (Å²) in [6.07, 6.45) is 0.613. The van der Waals surface area contributed by atoms with E-state index in [2.05, 4.69) is 21.2 Å². The Balaban J connectivity index is 2.23. The van der Waals surface area contributed by atoms with Crippen LogP contribution < -0.4 is 5.32 Å². The Morgan fingerprint density at radius 3 is 2.77 bits per heavy atom. The molecule has 0 fully saturated rings. The largest absolute Gasteiger partial charge is 0.481 e. The molecule has 1 unspecified atom stereocenters. The summed E-state index contributed by atoms with van der Waals surface area (Å²) in [6.45, 7) is 1.99. The fourth-order valence-corrected chi connectivity index (χ4v) is 3.50. The summed E-state index contributed by atoms with van der Waals surface area (Å²) in [4.78, 5) is 24.2. The zero-order chi connectivity index (χ0) is 16.1. The zero-order valence-electron chi connectivity index (χ0n) is 12.0. The standard InChI is InChI=1S/C16H16BrNO3S/c1-2-10-6-7-22-15(10)16(21)18-13(9-14(19)20)11-4-3-5-12(17)8-11/h3-8,13H,2,9H2,1H3,(H,18,21)(H,19,20). The lowest BCUT2D eigenvalue weighted by Gasteiger charge is -2.18. The van der Waals surface area contributed by atoms with Gasteiger partial charge in [-0.2, -0.15) is 0 Å². The molecule has 1 aromatic heterocycles. The summed E-state index contributed by atoms with van der Waals surface area (Å²) in [5.74, 6) is -1.18. The first-order chi connectivity index (χ1) is 10.5. The van der Waals surface area contributed by atoms with Crippen molar-refractivity contribution in [3.63, 3.8) is 0 Å². The van der Waals surface area contributed by atoms with E-state index in [1.807, 2.05) is 42.6 Å². The van der Waals surface area contributed by atoms with Crippen molar-refractivity contribution >= 4 is 39.1 Å². The van der Waals surface area contributed by atoms with E-state index in [1.54, 1.807) is 0 Å². The van der Waals surface area contributed by atoms with Gasteiger partial charge in [0, 0.05) is 4.47 Å². The maximum absolute atomic E-state index is 12.4. The van der Waals surface area contributed by atoms with E-state index in [0.717, 1.165) is 22.0 Å². The molecule has 0 spiro atoms. The number of carboxylic acids is 1. The Hall–Kier alpha value is -1.66. The Labute approximate surface area is 141 Å². The number of aliphatic carboxylic acids is 1. The van der Waals surface area contributed by atoms with Gasteiger partial charge in [-0.25, -0.2) is 0 Å². The minimum Gasteiger partial charge on any atom is -0.481 e. The molecule has 2 N–H and O–H groups in total. The van der Waals surface area contributed by atoms with Gasteiger partial charge in [0.05, 0.1) is 17.3 Å². The van der Waals surface area contributed by atoms with Gasteiger partial charge in [0.1, 0.15) is 0 Å². The Kier molecular flexibility index (Phi) is 5.74. The highest BCUT2D eigenvalue weighted by Crippen LogP contribution is 2.23. The number of benzene rings is 1. The van der Waals surface area contributed by atoms with Gasteiger partial charge in [-0.1, -0.05) is 35.0 Å². The molecule has 2 aromatic rings. The number of halogens is 1. The number of amides is 1. The minimum absolute atomic E-state index is 0.158. The fourth-order valence-electron chi connectivity index (χ4n) is 2.19. The van der Waals surface area contributed by atoms with Crippen molar-refractivity contribution in [1.82, 2.24) is 5.32 Å². The number of nitrogens with one attached hydrogen (secondary N) is 1.